The summed E-state index contributed by atoms with van der Waals surface area (Å²) in [6.45, 7) is 8.56. The first kappa shape index (κ1) is 40.2. The van der Waals surface area contributed by atoms with Crippen molar-refractivity contribution < 1.29 is 33.4 Å². The van der Waals surface area contributed by atoms with Gasteiger partial charge in [-0.25, -0.2) is 9.59 Å². The zero-order valence-corrected chi connectivity index (χ0v) is 31.9. The number of likely N-dealkylation sites (tertiary alicyclic amines) is 1. The maximum absolute atomic E-state index is 13.5. The van der Waals surface area contributed by atoms with Gasteiger partial charge in [-0.2, -0.15) is 0 Å². The monoisotopic (exact) mass is 746 g/mol. The van der Waals surface area contributed by atoms with Gasteiger partial charge in [-0.1, -0.05) is 104 Å². The van der Waals surface area contributed by atoms with Gasteiger partial charge < -0.3 is 24.8 Å². The SMILES string of the molecule is CCCN(CC(=O)Nc1ccc(/C=C/c2ccc(NC(=O)[C@@H]3C[C@@H](OC(C)(C)C)CN3C(=O)OCc3ccccc3)cc2)cc1)C(=O)OCc1ccccc1. The van der Waals surface area contributed by atoms with Crippen LogP contribution in [0.1, 0.15) is 62.8 Å². The number of amides is 4. The lowest BCUT2D eigenvalue weighted by Crippen LogP contribution is -2.43. The second kappa shape index (κ2) is 19.4. The van der Waals surface area contributed by atoms with Gasteiger partial charge in [0.25, 0.3) is 0 Å². The fraction of sp³-hybridized carbons (Fsp3) is 0.318. The molecule has 0 bridgehead atoms. The summed E-state index contributed by atoms with van der Waals surface area (Å²) in [7, 11) is 0. The molecule has 0 saturated carbocycles. The van der Waals surface area contributed by atoms with Crippen molar-refractivity contribution in [1.82, 2.24) is 9.80 Å². The molecule has 1 fully saturated rings. The molecule has 5 rings (SSSR count). The van der Waals surface area contributed by atoms with Gasteiger partial charge >= 0.3 is 12.2 Å². The maximum Gasteiger partial charge on any atom is 0.410 e. The van der Waals surface area contributed by atoms with Gasteiger partial charge in [0.15, 0.2) is 0 Å². The largest absolute Gasteiger partial charge is 0.445 e. The number of carbonyl (C=O) groups is 4. The minimum Gasteiger partial charge on any atom is -0.445 e. The van der Waals surface area contributed by atoms with Crippen molar-refractivity contribution in [2.45, 2.75) is 71.5 Å². The minimum atomic E-state index is -0.750. The van der Waals surface area contributed by atoms with E-state index in [1.54, 1.807) is 12.1 Å². The van der Waals surface area contributed by atoms with Gasteiger partial charge in [0.05, 0.1) is 18.2 Å². The number of anilines is 2. The van der Waals surface area contributed by atoms with Crippen LogP contribution >= 0.6 is 0 Å². The Morgan fingerprint density at radius 2 is 1.27 bits per heavy atom. The molecule has 1 aliphatic rings. The van der Waals surface area contributed by atoms with Crippen molar-refractivity contribution in [3.63, 3.8) is 0 Å². The third-order valence-electron chi connectivity index (χ3n) is 8.66. The normalized spacial score (nSPS) is 15.4. The van der Waals surface area contributed by atoms with Gasteiger partial charge in [0.2, 0.25) is 11.8 Å². The van der Waals surface area contributed by atoms with E-state index in [1.807, 2.05) is 137 Å². The zero-order chi connectivity index (χ0) is 39.2. The molecule has 288 valence electrons. The third-order valence-corrected chi connectivity index (χ3v) is 8.66. The Balaban J connectivity index is 1.12. The number of rotatable bonds is 14. The second-order valence-electron chi connectivity index (χ2n) is 14.4. The van der Waals surface area contributed by atoms with Crippen molar-refractivity contribution in [2.75, 3.05) is 30.3 Å². The highest BCUT2D eigenvalue weighted by atomic mass is 16.6. The summed E-state index contributed by atoms with van der Waals surface area (Å²) in [4.78, 5) is 55.0. The molecule has 4 amide bonds. The van der Waals surface area contributed by atoms with Gasteiger partial charge in [0.1, 0.15) is 25.8 Å². The number of ether oxygens (including phenoxy) is 3. The summed E-state index contributed by atoms with van der Waals surface area (Å²) in [5.41, 5.74) is 4.34. The van der Waals surface area contributed by atoms with Gasteiger partial charge in [-0.3, -0.25) is 19.4 Å². The van der Waals surface area contributed by atoms with E-state index in [0.717, 1.165) is 22.3 Å². The molecule has 0 unspecified atom stereocenters. The van der Waals surface area contributed by atoms with E-state index in [2.05, 4.69) is 10.6 Å². The Hall–Kier alpha value is -5.94. The average molecular weight is 747 g/mol. The number of carbonyl (C=O) groups excluding carboxylic acids is 4. The highest BCUT2D eigenvalue weighted by Gasteiger charge is 2.42. The molecular weight excluding hydrogens is 697 g/mol. The van der Waals surface area contributed by atoms with Crippen LogP contribution in [-0.4, -0.2) is 71.2 Å². The van der Waals surface area contributed by atoms with Crippen molar-refractivity contribution in [3.8, 4) is 0 Å². The Morgan fingerprint density at radius 3 is 1.80 bits per heavy atom. The molecule has 1 aliphatic heterocycles. The Bertz CT molecular complexity index is 1890. The minimum absolute atomic E-state index is 0.110. The van der Waals surface area contributed by atoms with E-state index in [0.29, 0.717) is 30.8 Å². The Kier molecular flexibility index (Phi) is 14.2. The highest BCUT2D eigenvalue weighted by molar-refractivity contribution is 5.97. The van der Waals surface area contributed by atoms with E-state index in [9.17, 15) is 19.2 Å². The van der Waals surface area contributed by atoms with Crippen LogP contribution in [0.5, 0.6) is 0 Å². The molecule has 11 nitrogen and oxygen atoms in total. The first-order valence-electron chi connectivity index (χ1n) is 18.6. The fourth-order valence-electron chi connectivity index (χ4n) is 6.10. The summed E-state index contributed by atoms with van der Waals surface area (Å²) in [6.07, 6.45) is 3.52. The molecule has 0 spiro atoms. The molecule has 4 aromatic rings. The predicted octanol–water partition coefficient (Wildman–Crippen LogP) is 8.38. The van der Waals surface area contributed by atoms with Crippen molar-refractivity contribution >= 4 is 47.5 Å². The van der Waals surface area contributed by atoms with Crippen molar-refractivity contribution in [2.24, 2.45) is 0 Å². The number of nitrogens with one attached hydrogen (secondary N) is 2. The fourth-order valence-corrected chi connectivity index (χ4v) is 6.10. The molecule has 0 aliphatic carbocycles. The van der Waals surface area contributed by atoms with Crippen LogP contribution in [0.4, 0.5) is 21.0 Å². The number of hydrogen-bond acceptors (Lipinski definition) is 7. The van der Waals surface area contributed by atoms with Crippen molar-refractivity contribution in [1.29, 1.82) is 0 Å². The zero-order valence-electron chi connectivity index (χ0n) is 31.9. The van der Waals surface area contributed by atoms with Gasteiger partial charge in [-0.15, -0.1) is 0 Å². The molecule has 2 atom stereocenters. The molecule has 55 heavy (non-hydrogen) atoms. The smallest absolute Gasteiger partial charge is 0.410 e. The molecule has 1 saturated heterocycles. The Labute approximate surface area is 323 Å². The summed E-state index contributed by atoms with van der Waals surface area (Å²) < 4.78 is 17.2. The summed E-state index contributed by atoms with van der Waals surface area (Å²) >= 11 is 0. The summed E-state index contributed by atoms with van der Waals surface area (Å²) in [5, 5.41) is 5.81. The first-order chi connectivity index (χ1) is 26.5. The molecule has 0 radical (unpaired) electrons. The van der Waals surface area contributed by atoms with E-state index >= 15 is 0 Å². The number of hydrogen-bond donors (Lipinski definition) is 2. The predicted molar refractivity (Wildman–Crippen MR) is 214 cm³/mol. The lowest BCUT2D eigenvalue weighted by atomic mass is 10.1. The van der Waals surface area contributed by atoms with Crippen LogP contribution in [-0.2, 0) is 37.0 Å². The van der Waals surface area contributed by atoms with E-state index in [1.165, 1.54) is 9.80 Å². The van der Waals surface area contributed by atoms with Crippen LogP contribution in [0.25, 0.3) is 12.2 Å². The van der Waals surface area contributed by atoms with Crippen molar-refractivity contribution in [3.05, 3.63) is 131 Å². The Morgan fingerprint density at radius 1 is 0.745 bits per heavy atom. The van der Waals surface area contributed by atoms with Gasteiger partial charge in [-0.05, 0) is 73.7 Å². The number of nitrogens with zero attached hydrogens (tertiary/aromatic N) is 2. The summed E-state index contributed by atoms with van der Waals surface area (Å²) in [6, 6.07) is 32.8. The van der Waals surface area contributed by atoms with Crippen LogP contribution in [0, 0.1) is 0 Å². The molecule has 2 N–H and O–H groups in total. The highest BCUT2D eigenvalue weighted by Crippen LogP contribution is 2.27. The standard InChI is InChI=1S/C44H50N4O7/c1-5-26-47(42(51)53-30-34-12-8-6-9-13-34)29-40(49)45-36-22-18-32(19-23-36)16-17-33-20-24-37(25-21-33)46-41(50)39-27-38(55-44(2,3)4)28-48(39)43(52)54-31-35-14-10-7-11-15-35/h6-25,38-39H,5,26-31H2,1-4H3,(H,45,49)(H,46,50)/b17-16+/t38-,39+/m1/s1. The molecule has 11 heteroatoms. The quantitative estimate of drug-likeness (QED) is 0.124. The third kappa shape index (κ3) is 12.9. The lowest BCUT2D eigenvalue weighted by Gasteiger charge is -2.25. The second-order valence-corrected chi connectivity index (χ2v) is 14.4. The molecular formula is C44H50N4O7. The van der Waals surface area contributed by atoms with E-state index < -0.39 is 23.8 Å². The van der Waals surface area contributed by atoms with Crippen LogP contribution in [0.3, 0.4) is 0 Å². The van der Waals surface area contributed by atoms with Crippen LogP contribution in [0.2, 0.25) is 0 Å². The van der Waals surface area contributed by atoms with E-state index in [-0.39, 0.29) is 44.2 Å². The average Bonchev–Trinajstić information content (AvgIpc) is 3.59. The topological polar surface area (TPSA) is 127 Å². The molecule has 0 aromatic heterocycles. The molecule has 4 aromatic carbocycles. The van der Waals surface area contributed by atoms with E-state index in [4.69, 9.17) is 14.2 Å². The molecule has 1 heterocycles. The van der Waals surface area contributed by atoms with Gasteiger partial charge in [0, 0.05) is 24.3 Å². The maximum atomic E-state index is 13.5. The van der Waals surface area contributed by atoms with Crippen LogP contribution in [0.15, 0.2) is 109 Å². The lowest BCUT2D eigenvalue weighted by molar-refractivity contribution is -0.120. The van der Waals surface area contributed by atoms with Crippen LogP contribution < -0.4 is 10.6 Å². The number of benzene rings is 4. The summed E-state index contributed by atoms with van der Waals surface area (Å²) in [5.74, 6) is -0.629. The first-order valence-corrected chi connectivity index (χ1v) is 18.6.